The number of carbonyl (C=O) groups excluding carboxylic acids is 5. The number of aliphatic hydroxyl groups excluding tert-OH is 6. The fraction of sp³-hybridized carbons (Fsp3) is 0.865. The number of carbonyl (C=O) groups is 5. The first kappa shape index (κ1) is 51.1. The number of primary amides is 1. The van der Waals surface area contributed by atoms with E-state index < -0.39 is 103 Å². The lowest BCUT2D eigenvalue weighted by Crippen LogP contribution is -2.57. The van der Waals surface area contributed by atoms with Crippen LogP contribution in [0.4, 0.5) is 0 Å². The Bertz CT molecular complexity index is 1270. The molecule has 10 unspecified atom stereocenters. The molecule has 0 aromatic carbocycles. The van der Waals surface area contributed by atoms with Gasteiger partial charge in [-0.1, -0.05) is 25.7 Å². The predicted octanol–water partition coefficient (Wildman–Crippen LogP) is -3.61. The largest absolute Gasteiger partial charge is 0.388 e. The standard InChI is InChI=1S/C37H68N6O15/c1-20(38)33(52)42-24(12-14-25(39)44)35(54)43-23(34(53)41-17-9-5-7-11-19-56-37-32(51)30(49)28(47)22(3)58-37)13-15-26(45)40-16-8-4-6-10-18-55-36-31(50)29(48)27(46)21(2)57-36/h20-24,27-32,36-37,46-51H,4-19,38H2,1-3H3,(H2,39,44)(H,40,45)(H,41,53)(H,42,52)(H,43,54)/t20-,21?,22?,23+,24+,27?,28?,29?,30?,31?,32?,36?,37?/m1/s1. The van der Waals surface area contributed by atoms with Gasteiger partial charge in [0.25, 0.3) is 0 Å². The van der Waals surface area contributed by atoms with Crippen LogP contribution in [0.2, 0.25) is 0 Å². The van der Waals surface area contributed by atoms with E-state index in [0.717, 1.165) is 12.8 Å². The number of hydrogen-bond acceptors (Lipinski definition) is 16. The van der Waals surface area contributed by atoms with E-state index in [4.69, 9.17) is 30.4 Å². The third-order valence-corrected chi connectivity index (χ3v) is 9.96. The van der Waals surface area contributed by atoms with Gasteiger partial charge in [-0.3, -0.25) is 24.0 Å². The summed E-state index contributed by atoms with van der Waals surface area (Å²) in [7, 11) is 0. The molecule has 21 heteroatoms. The van der Waals surface area contributed by atoms with E-state index in [1.54, 1.807) is 13.8 Å². The second kappa shape index (κ2) is 26.9. The lowest BCUT2D eigenvalue weighted by atomic mass is 10.0. The summed E-state index contributed by atoms with van der Waals surface area (Å²) in [6.45, 7) is 5.65. The van der Waals surface area contributed by atoms with Crippen LogP contribution < -0.4 is 32.7 Å². The van der Waals surface area contributed by atoms with Crippen molar-refractivity contribution in [2.45, 2.75) is 177 Å². The van der Waals surface area contributed by atoms with Crippen molar-refractivity contribution in [3.63, 3.8) is 0 Å². The summed E-state index contributed by atoms with van der Waals surface area (Å²) in [5, 5.41) is 70.2. The molecule has 21 nitrogen and oxygen atoms in total. The highest BCUT2D eigenvalue weighted by Gasteiger charge is 2.43. The van der Waals surface area contributed by atoms with E-state index in [9.17, 15) is 54.6 Å². The minimum Gasteiger partial charge on any atom is -0.388 e. The molecule has 0 bridgehead atoms. The molecule has 2 aliphatic rings. The fourth-order valence-electron chi connectivity index (χ4n) is 6.19. The zero-order chi connectivity index (χ0) is 43.4. The Labute approximate surface area is 339 Å². The number of unbranched alkanes of at least 4 members (excludes halogenated alkanes) is 6. The van der Waals surface area contributed by atoms with Gasteiger partial charge in [0.1, 0.15) is 48.7 Å². The molecule has 0 radical (unpaired) electrons. The number of aliphatic hydroxyl groups is 6. The number of nitrogens with one attached hydrogen (secondary N) is 4. The number of rotatable bonds is 27. The van der Waals surface area contributed by atoms with Crippen LogP contribution in [0.15, 0.2) is 0 Å². The second-order valence-corrected chi connectivity index (χ2v) is 15.0. The Morgan fingerprint density at radius 3 is 1.50 bits per heavy atom. The molecule has 336 valence electrons. The maximum absolute atomic E-state index is 13.3. The molecule has 0 aliphatic carbocycles. The quantitative estimate of drug-likeness (QED) is 0.0356. The molecule has 5 amide bonds. The lowest BCUT2D eigenvalue weighted by molar-refractivity contribution is -0.293. The van der Waals surface area contributed by atoms with E-state index in [1.165, 1.54) is 6.92 Å². The summed E-state index contributed by atoms with van der Waals surface area (Å²) in [5.41, 5.74) is 10.9. The van der Waals surface area contributed by atoms with Crippen LogP contribution in [-0.4, -0.2) is 166 Å². The molecule has 2 aliphatic heterocycles. The van der Waals surface area contributed by atoms with Gasteiger partial charge in [-0.05, 0) is 59.3 Å². The van der Waals surface area contributed by atoms with Gasteiger partial charge in [0, 0.05) is 39.1 Å². The van der Waals surface area contributed by atoms with Gasteiger partial charge in [-0.15, -0.1) is 0 Å². The van der Waals surface area contributed by atoms with Gasteiger partial charge in [0.2, 0.25) is 29.5 Å². The topological polar surface area (TPSA) is 344 Å². The monoisotopic (exact) mass is 836 g/mol. The first-order chi connectivity index (χ1) is 27.4. The summed E-state index contributed by atoms with van der Waals surface area (Å²) in [5.74, 6) is -3.00. The highest BCUT2D eigenvalue weighted by atomic mass is 16.7. The van der Waals surface area contributed by atoms with Gasteiger partial charge in [-0.25, -0.2) is 0 Å². The van der Waals surface area contributed by atoms with Gasteiger partial charge in [-0.2, -0.15) is 0 Å². The third-order valence-electron chi connectivity index (χ3n) is 9.96. The molecule has 2 heterocycles. The van der Waals surface area contributed by atoms with E-state index in [-0.39, 0.29) is 51.3 Å². The maximum Gasteiger partial charge on any atom is 0.243 e. The number of hydrogen-bond donors (Lipinski definition) is 12. The van der Waals surface area contributed by atoms with Crippen molar-refractivity contribution in [3.05, 3.63) is 0 Å². The number of amides is 5. The van der Waals surface area contributed by atoms with Crippen LogP contribution in [-0.2, 0) is 42.9 Å². The van der Waals surface area contributed by atoms with E-state index in [0.29, 0.717) is 45.1 Å². The maximum atomic E-state index is 13.3. The smallest absolute Gasteiger partial charge is 0.243 e. The molecule has 14 N–H and O–H groups in total. The molecule has 13 atom stereocenters. The van der Waals surface area contributed by atoms with E-state index in [2.05, 4.69) is 21.3 Å². The molecule has 0 aromatic heterocycles. The summed E-state index contributed by atoms with van der Waals surface area (Å²) >= 11 is 0. The van der Waals surface area contributed by atoms with Crippen molar-refractivity contribution >= 4 is 29.5 Å². The average Bonchev–Trinajstić information content (AvgIpc) is 3.18. The third kappa shape index (κ3) is 18.0. The second-order valence-electron chi connectivity index (χ2n) is 15.0. The normalized spacial score (nSPS) is 28.8. The summed E-state index contributed by atoms with van der Waals surface area (Å²) in [4.78, 5) is 63.1. The van der Waals surface area contributed by atoms with Crippen molar-refractivity contribution < 1.29 is 73.6 Å². The van der Waals surface area contributed by atoms with E-state index >= 15 is 0 Å². The molecule has 2 saturated heterocycles. The minimum absolute atomic E-state index is 0.0687. The lowest BCUT2D eigenvalue weighted by Gasteiger charge is -2.38. The van der Waals surface area contributed by atoms with Crippen LogP contribution in [0.5, 0.6) is 0 Å². The Balaban J connectivity index is 1.80. The van der Waals surface area contributed by atoms with Gasteiger partial charge in [0.15, 0.2) is 12.6 Å². The molecule has 0 saturated carbocycles. The molecular formula is C37H68N6O15. The van der Waals surface area contributed by atoms with Crippen molar-refractivity contribution in [1.82, 2.24) is 21.3 Å². The van der Waals surface area contributed by atoms with Gasteiger partial charge >= 0.3 is 0 Å². The molecule has 0 spiro atoms. The average molecular weight is 837 g/mol. The number of ether oxygens (including phenoxy) is 4. The van der Waals surface area contributed by atoms with Crippen LogP contribution >= 0.6 is 0 Å². The Hall–Kier alpha value is -3.09. The summed E-state index contributed by atoms with van der Waals surface area (Å²) < 4.78 is 21.9. The van der Waals surface area contributed by atoms with Gasteiger partial charge < -0.3 is 82.3 Å². The van der Waals surface area contributed by atoms with Gasteiger partial charge in [0.05, 0.1) is 18.2 Å². The molecule has 0 aromatic rings. The first-order valence-corrected chi connectivity index (χ1v) is 20.3. The van der Waals surface area contributed by atoms with Crippen molar-refractivity contribution in [2.24, 2.45) is 11.5 Å². The fourth-order valence-corrected chi connectivity index (χ4v) is 6.19. The zero-order valence-electron chi connectivity index (χ0n) is 33.8. The Morgan fingerprint density at radius 2 is 1.02 bits per heavy atom. The molecule has 2 fully saturated rings. The SMILES string of the molecule is CC1OC(OCCCCCCNC(=O)CC[C@H](NC(=O)[C@H](CCC(N)=O)NC(=O)[C@@H](C)N)C(=O)NCCCCCCOC2OC(C)C(O)C(O)C2O)C(O)C(O)C1O. The number of nitrogens with two attached hydrogens (primary N) is 2. The molecule has 58 heavy (non-hydrogen) atoms. The molecular weight excluding hydrogens is 768 g/mol. The molecule has 2 rings (SSSR count). The summed E-state index contributed by atoms with van der Waals surface area (Å²) in [6.07, 6.45) is -6.70. The Kier molecular flexibility index (Phi) is 23.7. The van der Waals surface area contributed by atoms with Crippen molar-refractivity contribution in [2.75, 3.05) is 26.3 Å². The highest BCUT2D eigenvalue weighted by Crippen LogP contribution is 2.23. The Morgan fingerprint density at radius 1 is 0.586 bits per heavy atom. The first-order valence-electron chi connectivity index (χ1n) is 20.3. The highest BCUT2D eigenvalue weighted by molar-refractivity contribution is 5.93. The van der Waals surface area contributed by atoms with Crippen LogP contribution in [0, 0.1) is 0 Å². The van der Waals surface area contributed by atoms with Crippen LogP contribution in [0.3, 0.4) is 0 Å². The minimum atomic E-state index is -1.39. The van der Waals surface area contributed by atoms with Crippen LogP contribution in [0.25, 0.3) is 0 Å². The van der Waals surface area contributed by atoms with E-state index in [1.807, 2.05) is 0 Å². The predicted molar refractivity (Wildman–Crippen MR) is 205 cm³/mol. The van der Waals surface area contributed by atoms with Crippen molar-refractivity contribution in [3.8, 4) is 0 Å². The summed E-state index contributed by atoms with van der Waals surface area (Å²) in [6, 6.07) is -3.33. The zero-order valence-corrected chi connectivity index (χ0v) is 33.8. The van der Waals surface area contributed by atoms with Crippen molar-refractivity contribution in [1.29, 1.82) is 0 Å². The van der Waals surface area contributed by atoms with Crippen LogP contribution in [0.1, 0.15) is 97.8 Å².